The van der Waals surface area contributed by atoms with Gasteiger partial charge in [-0.15, -0.1) is 0 Å². The molecule has 1 heterocycles. The zero-order valence-corrected chi connectivity index (χ0v) is 11.5. The second kappa shape index (κ2) is 5.17. The van der Waals surface area contributed by atoms with Crippen LogP contribution in [0.5, 0.6) is 0 Å². The molecule has 1 N–H and O–H groups in total. The molecule has 0 bridgehead atoms. The first-order valence-corrected chi connectivity index (χ1v) is 6.41. The Morgan fingerprint density at radius 2 is 1.94 bits per heavy atom. The molecule has 16 heavy (non-hydrogen) atoms. The molecule has 0 aliphatic carbocycles. The SMILES string of the molecule is OC(Cc1ccccc1Br)c1ccoc1Br. The van der Waals surface area contributed by atoms with Crippen LogP contribution < -0.4 is 0 Å². The van der Waals surface area contributed by atoms with E-state index >= 15 is 0 Å². The van der Waals surface area contributed by atoms with Crippen molar-refractivity contribution in [3.05, 3.63) is 56.9 Å². The van der Waals surface area contributed by atoms with Crippen LogP contribution in [0.3, 0.4) is 0 Å². The van der Waals surface area contributed by atoms with Crippen molar-refractivity contribution in [2.24, 2.45) is 0 Å². The van der Waals surface area contributed by atoms with Gasteiger partial charge < -0.3 is 9.52 Å². The molecular formula is C12H10Br2O2. The minimum Gasteiger partial charge on any atom is -0.457 e. The summed E-state index contributed by atoms with van der Waals surface area (Å²) in [6.07, 6.45) is 1.55. The number of hydrogen-bond donors (Lipinski definition) is 1. The summed E-state index contributed by atoms with van der Waals surface area (Å²) in [6, 6.07) is 9.63. The summed E-state index contributed by atoms with van der Waals surface area (Å²) in [5, 5.41) is 10.1. The molecule has 0 spiro atoms. The first kappa shape index (κ1) is 11.9. The highest BCUT2D eigenvalue weighted by Crippen LogP contribution is 2.28. The topological polar surface area (TPSA) is 33.4 Å². The fourth-order valence-electron chi connectivity index (χ4n) is 1.52. The molecule has 2 aromatic rings. The Morgan fingerprint density at radius 3 is 2.56 bits per heavy atom. The van der Waals surface area contributed by atoms with Gasteiger partial charge in [-0.25, -0.2) is 0 Å². The highest BCUT2D eigenvalue weighted by Gasteiger charge is 2.15. The van der Waals surface area contributed by atoms with Gasteiger partial charge in [0, 0.05) is 16.5 Å². The lowest BCUT2D eigenvalue weighted by Crippen LogP contribution is -2.01. The average molecular weight is 346 g/mol. The predicted molar refractivity (Wildman–Crippen MR) is 69.2 cm³/mol. The van der Waals surface area contributed by atoms with Crippen LogP contribution in [0.1, 0.15) is 17.2 Å². The van der Waals surface area contributed by atoms with E-state index in [0.29, 0.717) is 11.1 Å². The van der Waals surface area contributed by atoms with Gasteiger partial charge >= 0.3 is 0 Å². The Balaban J connectivity index is 2.17. The maximum absolute atomic E-state index is 10.1. The molecule has 0 saturated heterocycles. The van der Waals surface area contributed by atoms with E-state index in [4.69, 9.17) is 4.42 Å². The van der Waals surface area contributed by atoms with E-state index in [1.165, 1.54) is 0 Å². The van der Waals surface area contributed by atoms with Gasteiger partial charge in [0.2, 0.25) is 0 Å². The van der Waals surface area contributed by atoms with Gasteiger partial charge in [0.05, 0.1) is 12.4 Å². The lowest BCUT2D eigenvalue weighted by molar-refractivity contribution is 0.176. The Morgan fingerprint density at radius 1 is 1.19 bits per heavy atom. The minimum absolute atomic E-state index is 0.555. The number of benzene rings is 1. The van der Waals surface area contributed by atoms with Crippen molar-refractivity contribution < 1.29 is 9.52 Å². The van der Waals surface area contributed by atoms with Crippen LogP contribution in [0, 0.1) is 0 Å². The Hall–Kier alpha value is -0.580. The zero-order chi connectivity index (χ0) is 11.5. The molecule has 1 unspecified atom stereocenters. The zero-order valence-electron chi connectivity index (χ0n) is 8.36. The van der Waals surface area contributed by atoms with Crippen molar-refractivity contribution in [1.29, 1.82) is 0 Å². The summed E-state index contributed by atoms with van der Waals surface area (Å²) < 4.78 is 6.70. The highest BCUT2D eigenvalue weighted by atomic mass is 79.9. The van der Waals surface area contributed by atoms with Crippen LogP contribution in [-0.2, 0) is 6.42 Å². The van der Waals surface area contributed by atoms with Crippen LogP contribution in [0.25, 0.3) is 0 Å². The molecule has 0 radical (unpaired) electrons. The van der Waals surface area contributed by atoms with Crippen molar-refractivity contribution in [1.82, 2.24) is 0 Å². The first-order valence-electron chi connectivity index (χ1n) is 4.83. The Kier molecular flexibility index (Phi) is 3.84. The van der Waals surface area contributed by atoms with Gasteiger partial charge in [-0.2, -0.15) is 0 Å². The van der Waals surface area contributed by atoms with Crippen molar-refractivity contribution in [3.8, 4) is 0 Å². The van der Waals surface area contributed by atoms with E-state index in [9.17, 15) is 5.11 Å². The molecule has 0 saturated carbocycles. The van der Waals surface area contributed by atoms with Gasteiger partial charge in [0.1, 0.15) is 0 Å². The fourth-order valence-corrected chi connectivity index (χ4v) is 2.48. The third-order valence-electron chi connectivity index (χ3n) is 2.38. The summed E-state index contributed by atoms with van der Waals surface area (Å²) in [6.45, 7) is 0. The number of halogens is 2. The molecule has 4 heteroatoms. The maximum Gasteiger partial charge on any atom is 0.174 e. The van der Waals surface area contributed by atoms with Gasteiger partial charge in [-0.1, -0.05) is 34.1 Å². The molecule has 1 aromatic carbocycles. The molecule has 0 amide bonds. The Bertz CT molecular complexity index is 479. The number of furan rings is 1. The number of aliphatic hydroxyl groups excluding tert-OH is 1. The van der Waals surface area contributed by atoms with Crippen LogP contribution >= 0.6 is 31.9 Å². The summed E-state index contributed by atoms with van der Waals surface area (Å²) >= 11 is 6.72. The van der Waals surface area contributed by atoms with Crippen LogP contribution in [-0.4, -0.2) is 5.11 Å². The molecule has 0 fully saturated rings. The summed E-state index contributed by atoms with van der Waals surface area (Å²) in [5.74, 6) is 0. The maximum atomic E-state index is 10.1. The molecule has 2 nitrogen and oxygen atoms in total. The van der Waals surface area contributed by atoms with Gasteiger partial charge in [0.15, 0.2) is 4.67 Å². The smallest absolute Gasteiger partial charge is 0.174 e. The first-order chi connectivity index (χ1) is 7.68. The van der Waals surface area contributed by atoms with Crippen LogP contribution in [0.15, 0.2) is 50.2 Å². The number of hydrogen-bond acceptors (Lipinski definition) is 2. The van der Waals surface area contributed by atoms with E-state index in [2.05, 4.69) is 31.9 Å². The van der Waals surface area contributed by atoms with Gasteiger partial charge in [-0.05, 0) is 33.6 Å². The van der Waals surface area contributed by atoms with E-state index < -0.39 is 6.10 Å². The van der Waals surface area contributed by atoms with E-state index in [0.717, 1.165) is 15.6 Å². The minimum atomic E-state index is -0.563. The quantitative estimate of drug-likeness (QED) is 0.909. The predicted octanol–water partition coefficient (Wildman–Crippen LogP) is 4.08. The average Bonchev–Trinajstić information content (AvgIpc) is 2.68. The molecule has 1 atom stereocenters. The summed E-state index contributed by atoms with van der Waals surface area (Å²) in [4.78, 5) is 0. The highest BCUT2D eigenvalue weighted by molar-refractivity contribution is 9.10. The molecule has 0 aliphatic heterocycles. The summed E-state index contributed by atoms with van der Waals surface area (Å²) in [5.41, 5.74) is 1.85. The molecule has 0 aliphatic rings. The van der Waals surface area contributed by atoms with Gasteiger partial charge in [0.25, 0.3) is 0 Å². The van der Waals surface area contributed by atoms with Crippen LogP contribution in [0.2, 0.25) is 0 Å². The summed E-state index contributed by atoms with van der Waals surface area (Å²) in [7, 11) is 0. The number of aliphatic hydroxyl groups is 1. The monoisotopic (exact) mass is 344 g/mol. The van der Waals surface area contributed by atoms with Gasteiger partial charge in [-0.3, -0.25) is 0 Å². The van der Waals surface area contributed by atoms with Crippen molar-refractivity contribution in [3.63, 3.8) is 0 Å². The molecular weight excluding hydrogens is 336 g/mol. The fraction of sp³-hybridized carbons (Fsp3) is 0.167. The molecule has 1 aromatic heterocycles. The van der Waals surface area contributed by atoms with Crippen molar-refractivity contribution >= 4 is 31.9 Å². The van der Waals surface area contributed by atoms with E-state index in [1.54, 1.807) is 12.3 Å². The molecule has 84 valence electrons. The van der Waals surface area contributed by atoms with E-state index in [1.807, 2.05) is 24.3 Å². The third kappa shape index (κ3) is 2.56. The number of rotatable bonds is 3. The lowest BCUT2D eigenvalue weighted by Gasteiger charge is -2.10. The third-order valence-corrected chi connectivity index (χ3v) is 3.79. The van der Waals surface area contributed by atoms with Crippen molar-refractivity contribution in [2.45, 2.75) is 12.5 Å². The second-order valence-electron chi connectivity index (χ2n) is 3.46. The van der Waals surface area contributed by atoms with E-state index in [-0.39, 0.29) is 0 Å². The standard InChI is InChI=1S/C12H10Br2O2/c13-10-4-2-1-3-8(10)7-11(15)9-5-6-16-12(9)14/h1-6,11,15H,7H2. The second-order valence-corrected chi connectivity index (χ2v) is 5.04. The largest absolute Gasteiger partial charge is 0.457 e. The van der Waals surface area contributed by atoms with Crippen molar-refractivity contribution in [2.75, 3.05) is 0 Å². The normalized spacial score (nSPS) is 12.7. The van der Waals surface area contributed by atoms with Crippen LogP contribution in [0.4, 0.5) is 0 Å². The lowest BCUT2D eigenvalue weighted by atomic mass is 10.0. The Labute approximate surface area is 111 Å². The molecule has 2 rings (SSSR count).